The highest BCUT2D eigenvalue weighted by Gasteiger charge is 2.13. The third kappa shape index (κ3) is 7.03. The molecule has 0 unspecified atom stereocenters. The van der Waals surface area contributed by atoms with Gasteiger partial charge in [-0.05, 0) is 72.6 Å². The summed E-state index contributed by atoms with van der Waals surface area (Å²) in [5.74, 6) is -0.00646. The Balaban J connectivity index is 1.64. The fourth-order valence-electron chi connectivity index (χ4n) is 2.71. The molecule has 6 nitrogen and oxygen atoms in total. The van der Waals surface area contributed by atoms with Crippen molar-refractivity contribution in [3.63, 3.8) is 0 Å². The van der Waals surface area contributed by atoms with Crippen molar-refractivity contribution in [1.29, 1.82) is 0 Å². The van der Waals surface area contributed by atoms with Crippen LogP contribution in [0, 0.1) is 0 Å². The number of halogens is 2. The minimum atomic E-state index is -0.486. The minimum Gasteiger partial charge on any atom is -0.490 e. The van der Waals surface area contributed by atoms with Gasteiger partial charge >= 0.3 is 5.97 Å². The van der Waals surface area contributed by atoms with Gasteiger partial charge in [0.15, 0.2) is 11.5 Å². The Morgan fingerprint density at radius 2 is 1.59 bits per heavy atom. The van der Waals surface area contributed by atoms with Gasteiger partial charge in [0.05, 0.1) is 24.8 Å². The van der Waals surface area contributed by atoms with Gasteiger partial charge in [-0.2, -0.15) is 5.10 Å². The number of benzene rings is 3. The van der Waals surface area contributed by atoms with Crippen molar-refractivity contribution < 1.29 is 19.1 Å². The molecule has 0 aliphatic carbocycles. The topological polar surface area (TPSA) is 77.0 Å². The van der Waals surface area contributed by atoms with Crippen molar-refractivity contribution in [3.8, 4) is 11.5 Å². The molecule has 0 heterocycles. The quantitative estimate of drug-likeness (QED) is 0.170. The molecule has 3 rings (SSSR count). The lowest BCUT2D eigenvalue weighted by molar-refractivity contribution is -0.120. The molecule has 0 spiro atoms. The predicted octanol–water partition coefficient (Wildman–Crippen LogP) is 5.52. The molecule has 164 valence electrons. The van der Waals surface area contributed by atoms with Crippen molar-refractivity contribution in [2.45, 2.75) is 13.3 Å². The molecule has 0 saturated heterocycles. The standard InChI is InChI=1S/C24H20Br2N2O4/c1-2-31-22-13-17(15-27-28-23(29)14-16-3-8-19(25)9-4-16)5-12-21(22)32-24(30)18-6-10-20(26)11-7-18/h3-13,15H,2,14H2,1H3,(H,28,29)/b27-15-. The molecule has 3 aromatic carbocycles. The lowest BCUT2D eigenvalue weighted by atomic mass is 10.1. The van der Waals surface area contributed by atoms with Gasteiger partial charge in [0.1, 0.15) is 0 Å². The molecule has 0 fully saturated rings. The molecule has 0 bridgehead atoms. The summed E-state index contributed by atoms with van der Waals surface area (Å²) in [6.07, 6.45) is 1.72. The molecule has 0 aliphatic rings. The molecule has 0 aromatic heterocycles. The summed E-state index contributed by atoms with van der Waals surface area (Å²) in [6.45, 7) is 2.23. The second-order valence-electron chi connectivity index (χ2n) is 6.63. The number of esters is 1. The van der Waals surface area contributed by atoms with Crippen molar-refractivity contribution in [2.75, 3.05) is 6.61 Å². The van der Waals surface area contributed by atoms with E-state index >= 15 is 0 Å². The maximum absolute atomic E-state index is 12.4. The predicted molar refractivity (Wildman–Crippen MR) is 130 cm³/mol. The highest BCUT2D eigenvalue weighted by Crippen LogP contribution is 2.29. The molecule has 0 aliphatic heterocycles. The smallest absolute Gasteiger partial charge is 0.343 e. The van der Waals surface area contributed by atoms with E-state index < -0.39 is 5.97 Å². The van der Waals surface area contributed by atoms with Gasteiger partial charge in [0.25, 0.3) is 0 Å². The highest BCUT2D eigenvalue weighted by atomic mass is 79.9. The number of carbonyl (C=O) groups is 2. The maximum Gasteiger partial charge on any atom is 0.343 e. The molecule has 3 aromatic rings. The Hall–Kier alpha value is -2.97. The first-order valence-electron chi connectivity index (χ1n) is 9.75. The van der Waals surface area contributed by atoms with Crippen molar-refractivity contribution in [1.82, 2.24) is 5.43 Å². The maximum atomic E-state index is 12.4. The Morgan fingerprint density at radius 1 is 0.938 bits per heavy atom. The molecule has 1 N–H and O–H groups in total. The summed E-state index contributed by atoms with van der Waals surface area (Å²) in [7, 11) is 0. The molecule has 1 amide bonds. The van der Waals surface area contributed by atoms with E-state index in [2.05, 4.69) is 42.4 Å². The van der Waals surface area contributed by atoms with E-state index in [1.807, 2.05) is 31.2 Å². The number of carbonyl (C=O) groups excluding carboxylic acids is 2. The number of rotatable bonds is 8. The van der Waals surface area contributed by atoms with Crippen LogP contribution in [0.2, 0.25) is 0 Å². The average Bonchev–Trinajstić information content (AvgIpc) is 2.77. The summed E-state index contributed by atoms with van der Waals surface area (Å²) >= 11 is 6.70. The number of nitrogens with one attached hydrogen (secondary N) is 1. The van der Waals surface area contributed by atoms with Crippen LogP contribution < -0.4 is 14.9 Å². The third-order valence-electron chi connectivity index (χ3n) is 4.23. The molecule has 32 heavy (non-hydrogen) atoms. The van der Waals surface area contributed by atoms with Crippen LogP contribution in [0.4, 0.5) is 0 Å². The van der Waals surface area contributed by atoms with E-state index in [-0.39, 0.29) is 12.3 Å². The summed E-state index contributed by atoms with van der Waals surface area (Å²) in [6, 6.07) is 19.4. The van der Waals surface area contributed by atoms with E-state index in [1.54, 1.807) is 42.5 Å². The Labute approximate surface area is 202 Å². The lowest BCUT2D eigenvalue weighted by Crippen LogP contribution is -2.19. The van der Waals surface area contributed by atoms with E-state index in [0.29, 0.717) is 29.2 Å². The van der Waals surface area contributed by atoms with Gasteiger partial charge < -0.3 is 9.47 Å². The largest absolute Gasteiger partial charge is 0.490 e. The van der Waals surface area contributed by atoms with Crippen molar-refractivity contribution >= 4 is 50.0 Å². The fourth-order valence-corrected chi connectivity index (χ4v) is 3.24. The summed E-state index contributed by atoms with van der Waals surface area (Å²) in [4.78, 5) is 24.5. The van der Waals surface area contributed by atoms with Crippen LogP contribution in [-0.2, 0) is 11.2 Å². The normalized spacial score (nSPS) is 10.7. The SMILES string of the molecule is CCOc1cc(/C=N\NC(=O)Cc2ccc(Br)cc2)ccc1OC(=O)c1ccc(Br)cc1. The number of hydrazone groups is 1. The van der Waals surface area contributed by atoms with Gasteiger partial charge in [-0.1, -0.05) is 44.0 Å². The van der Waals surface area contributed by atoms with Gasteiger partial charge in [0, 0.05) is 8.95 Å². The first kappa shape index (κ1) is 23.7. The third-order valence-corrected chi connectivity index (χ3v) is 5.29. The van der Waals surface area contributed by atoms with Crippen LogP contribution in [0.3, 0.4) is 0 Å². The number of ether oxygens (including phenoxy) is 2. The van der Waals surface area contributed by atoms with Crippen LogP contribution in [0.1, 0.15) is 28.4 Å². The average molecular weight is 560 g/mol. The van der Waals surface area contributed by atoms with Crippen molar-refractivity contribution in [2.24, 2.45) is 5.10 Å². The fraction of sp³-hybridized carbons (Fsp3) is 0.125. The zero-order chi connectivity index (χ0) is 22.9. The highest BCUT2D eigenvalue weighted by molar-refractivity contribution is 9.10. The van der Waals surface area contributed by atoms with Crippen LogP contribution in [-0.4, -0.2) is 24.7 Å². The van der Waals surface area contributed by atoms with Crippen molar-refractivity contribution in [3.05, 3.63) is 92.4 Å². The second-order valence-corrected chi connectivity index (χ2v) is 8.46. The van der Waals surface area contributed by atoms with E-state index in [9.17, 15) is 9.59 Å². The number of hydrogen-bond acceptors (Lipinski definition) is 5. The van der Waals surface area contributed by atoms with Gasteiger partial charge in [0.2, 0.25) is 5.91 Å². The first-order valence-corrected chi connectivity index (χ1v) is 11.3. The van der Waals surface area contributed by atoms with Gasteiger partial charge in [-0.15, -0.1) is 0 Å². The summed E-state index contributed by atoms with van der Waals surface area (Å²) in [5, 5.41) is 4.00. The van der Waals surface area contributed by atoms with Crippen LogP contribution in [0.5, 0.6) is 11.5 Å². The number of hydrogen-bond donors (Lipinski definition) is 1. The molecule has 0 radical (unpaired) electrons. The zero-order valence-corrected chi connectivity index (χ0v) is 20.4. The van der Waals surface area contributed by atoms with Crippen LogP contribution in [0.15, 0.2) is 80.8 Å². The lowest BCUT2D eigenvalue weighted by Gasteiger charge is -2.11. The minimum absolute atomic E-state index is 0.222. The Bertz CT molecular complexity index is 1110. The molecular formula is C24H20Br2N2O4. The van der Waals surface area contributed by atoms with Crippen LogP contribution >= 0.6 is 31.9 Å². The molecule has 0 saturated carbocycles. The molecular weight excluding hydrogens is 540 g/mol. The van der Waals surface area contributed by atoms with E-state index in [1.165, 1.54) is 6.21 Å². The summed E-state index contributed by atoms with van der Waals surface area (Å²) in [5.41, 5.74) is 4.50. The molecule has 8 heteroatoms. The Kier molecular flexibility index (Phi) is 8.58. The van der Waals surface area contributed by atoms with Gasteiger partial charge in [-0.3, -0.25) is 4.79 Å². The van der Waals surface area contributed by atoms with Crippen LogP contribution in [0.25, 0.3) is 0 Å². The first-order chi connectivity index (χ1) is 15.4. The monoisotopic (exact) mass is 558 g/mol. The Morgan fingerprint density at radius 3 is 2.25 bits per heavy atom. The van der Waals surface area contributed by atoms with Gasteiger partial charge in [-0.25, -0.2) is 10.2 Å². The van der Waals surface area contributed by atoms with E-state index in [0.717, 1.165) is 14.5 Å². The molecule has 0 atom stereocenters. The summed E-state index contributed by atoms with van der Waals surface area (Å²) < 4.78 is 12.9. The number of amides is 1. The van der Waals surface area contributed by atoms with E-state index in [4.69, 9.17) is 9.47 Å². The second kappa shape index (κ2) is 11.6. The number of nitrogens with zero attached hydrogens (tertiary/aromatic N) is 1. The zero-order valence-electron chi connectivity index (χ0n) is 17.2.